The van der Waals surface area contributed by atoms with E-state index in [1.54, 1.807) is 6.21 Å². The van der Waals surface area contributed by atoms with Gasteiger partial charge in [-0.25, -0.2) is 5.43 Å². The third-order valence-corrected chi connectivity index (χ3v) is 4.09. The van der Waals surface area contributed by atoms with Gasteiger partial charge in [-0.2, -0.15) is 5.10 Å². The van der Waals surface area contributed by atoms with Crippen molar-refractivity contribution in [2.75, 3.05) is 6.61 Å². The second-order valence-electron chi connectivity index (χ2n) is 5.89. The number of hydrogen-bond acceptors (Lipinski definition) is 3. The number of ether oxygens (including phenoxy) is 1. The molecule has 3 rings (SSSR count). The first kappa shape index (κ1) is 16.7. The zero-order valence-corrected chi connectivity index (χ0v) is 14.3. The molecule has 0 saturated carbocycles. The van der Waals surface area contributed by atoms with Gasteiger partial charge in [0.05, 0.1) is 6.21 Å². The van der Waals surface area contributed by atoms with Crippen LogP contribution < -0.4 is 10.2 Å². The number of nitrogens with one attached hydrogen (secondary N) is 1. The van der Waals surface area contributed by atoms with Gasteiger partial charge < -0.3 is 4.74 Å². The molecule has 4 heteroatoms. The minimum atomic E-state index is -0.294. The first-order valence-electron chi connectivity index (χ1n) is 8.13. The van der Waals surface area contributed by atoms with Gasteiger partial charge >= 0.3 is 0 Å². The minimum Gasteiger partial charge on any atom is -0.483 e. The smallest absolute Gasteiger partial charge is 0.277 e. The summed E-state index contributed by atoms with van der Waals surface area (Å²) in [7, 11) is 0. The molecule has 0 radical (unpaired) electrons. The Bertz CT molecular complexity index is 932. The Labute approximate surface area is 147 Å². The van der Waals surface area contributed by atoms with E-state index in [-0.39, 0.29) is 12.5 Å². The summed E-state index contributed by atoms with van der Waals surface area (Å²) in [6, 6.07) is 19.9. The quantitative estimate of drug-likeness (QED) is 0.567. The molecule has 0 heterocycles. The Hall–Kier alpha value is -3.14. The van der Waals surface area contributed by atoms with E-state index in [0.717, 1.165) is 22.1 Å². The highest BCUT2D eigenvalue weighted by Gasteiger charge is 2.05. The van der Waals surface area contributed by atoms with Gasteiger partial charge in [0.1, 0.15) is 5.75 Å². The molecule has 3 aromatic rings. The van der Waals surface area contributed by atoms with Crippen molar-refractivity contribution in [1.82, 2.24) is 5.43 Å². The molecular formula is C21H20N2O2. The highest BCUT2D eigenvalue weighted by molar-refractivity contribution is 5.90. The van der Waals surface area contributed by atoms with Crippen molar-refractivity contribution in [3.05, 3.63) is 77.4 Å². The lowest BCUT2D eigenvalue weighted by molar-refractivity contribution is -0.123. The molecule has 0 fully saturated rings. The molecule has 0 unspecified atom stereocenters. The van der Waals surface area contributed by atoms with Crippen molar-refractivity contribution in [3.8, 4) is 5.75 Å². The van der Waals surface area contributed by atoms with E-state index in [2.05, 4.69) is 16.6 Å². The molecule has 0 aliphatic carbocycles. The van der Waals surface area contributed by atoms with E-state index >= 15 is 0 Å². The van der Waals surface area contributed by atoms with Crippen LogP contribution in [0.5, 0.6) is 5.75 Å². The van der Waals surface area contributed by atoms with Crippen LogP contribution in [0, 0.1) is 13.8 Å². The fourth-order valence-corrected chi connectivity index (χ4v) is 2.52. The van der Waals surface area contributed by atoms with E-state index < -0.39 is 0 Å². The zero-order chi connectivity index (χ0) is 17.6. The molecule has 0 spiro atoms. The number of fused-ring (bicyclic) bond motifs is 1. The number of hydrogen-bond donors (Lipinski definition) is 1. The maximum atomic E-state index is 11.9. The number of hydrazone groups is 1. The van der Waals surface area contributed by atoms with Crippen LogP contribution in [0.3, 0.4) is 0 Å². The molecule has 4 nitrogen and oxygen atoms in total. The number of benzene rings is 3. The van der Waals surface area contributed by atoms with Crippen LogP contribution in [-0.2, 0) is 4.79 Å². The van der Waals surface area contributed by atoms with Gasteiger partial charge in [-0.3, -0.25) is 4.79 Å². The summed E-state index contributed by atoms with van der Waals surface area (Å²) in [6.45, 7) is 3.91. The third-order valence-electron chi connectivity index (χ3n) is 4.09. The van der Waals surface area contributed by atoms with Crippen LogP contribution in [0.2, 0.25) is 0 Å². The molecule has 126 valence electrons. The molecule has 0 saturated heterocycles. The van der Waals surface area contributed by atoms with Gasteiger partial charge in [-0.15, -0.1) is 0 Å². The van der Waals surface area contributed by atoms with E-state index in [0.29, 0.717) is 5.75 Å². The number of carbonyl (C=O) groups is 1. The summed E-state index contributed by atoms with van der Waals surface area (Å²) in [5, 5.41) is 6.30. The first-order valence-corrected chi connectivity index (χ1v) is 8.13. The maximum Gasteiger partial charge on any atom is 0.277 e. The van der Waals surface area contributed by atoms with Crippen molar-refractivity contribution in [3.63, 3.8) is 0 Å². The topological polar surface area (TPSA) is 50.7 Å². The van der Waals surface area contributed by atoms with Crippen molar-refractivity contribution in [2.45, 2.75) is 13.8 Å². The summed E-state index contributed by atoms with van der Waals surface area (Å²) < 4.78 is 5.55. The van der Waals surface area contributed by atoms with Gasteiger partial charge in [0.15, 0.2) is 6.61 Å². The van der Waals surface area contributed by atoms with Gasteiger partial charge in [0.25, 0.3) is 5.91 Å². The van der Waals surface area contributed by atoms with Crippen LogP contribution in [0.1, 0.15) is 16.7 Å². The molecule has 0 aliphatic rings. The van der Waals surface area contributed by atoms with Crippen LogP contribution in [0.4, 0.5) is 0 Å². The van der Waals surface area contributed by atoms with E-state index in [9.17, 15) is 4.79 Å². The SMILES string of the molecule is Cc1cccc(OCC(=O)N/N=C\c2ccc3ccccc3c2)c1C. The minimum absolute atomic E-state index is 0.0701. The number of rotatable bonds is 5. The number of amides is 1. The fraction of sp³-hybridized carbons (Fsp3) is 0.143. The van der Waals surface area contributed by atoms with Gasteiger partial charge in [0.2, 0.25) is 0 Å². The second kappa shape index (κ2) is 7.62. The molecule has 1 N–H and O–H groups in total. The zero-order valence-electron chi connectivity index (χ0n) is 14.3. The highest BCUT2D eigenvalue weighted by Crippen LogP contribution is 2.20. The van der Waals surface area contributed by atoms with Gasteiger partial charge in [-0.05, 0) is 53.4 Å². The van der Waals surface area contributed by atoms with Gasteiger partial charge in [-0.1, -0.05) is 48.5 Å². The van der Waals surface area contributed by atoms with E-state index in [1.165, 1.54) is 5.39 Å². The van der Waals surface area contributed by atoms with Crippen molar-refractivity contribution in [2.24, 2.45) is 5.10 Å². The summed E-state index contributed by atoms with van der Waals surface area (Å²) in [6.07, 6.45) is 1.63. The van der Waals surface area contributed by atoms with E-state index in [4.69, 9.17) is 4.74 Å². The van der Waals surface area contributed by atoms with Crippen LogP contribution >= 0.6 is 0 Å². The molecule has 1 amide bonds. The molecule has 0 aromatic heterocycles. The Morgan fingerprint density at radius 3 is 2.68 bits per heavy atom. The molecular weight excluding hydrogens is 312 g/mol. The van der Waals surface area contributed by atoms with Crippen molar-refractivity contribution in [1.29, 1.82) is 0 Å². The molecule has 25 heavy (non-hydrogen) atoms. The Morgan fingerprint density at radius 1 is 1.04 bits per heavy atom. The normalized spacial score (nSPS) is 11.0. The molecule has 0 bridgehead atoms. The summed E-state index contributed by atoms with van der Waals surface area (Å²) >= 11 is 0. The highest BCUT2D eigenvalue weighted by atomic mass is 16.5. The number of aryl methyl sites for hydroxylation is 1. The summed E-state index contributed by atoms with van der Waals surface area (Å²) in [5.74, 6) is 0.423. The maximum absolute atomic E-state index is 11.9. The average Bonchev–Trinajstić information content (AvgIpc) is 2.63. The molecule has 0 atom stereocenters. The predicted octanol–water partition coefficient (Wildman–Crippen LogP) is 3.99. The summed E-state index contributed by atoms with van der Waals surface area (Å²) in [5.41, 5.74) is 5.58. The Kier molecular flexibility index (Phi) is 5.09. The fourth-order valence-electron chi connectivity index (χ4n) is 2.52. The lowest BCUT2D eigenvalue weighted by atomic mass is 10.1. The van der Waals surface area contributed by atoms with Crippen molar-refractivity contribution < 1.29 is 9.53 Å². The standard InChI is InChI=1S/C21H20N2O2/c1-15-6-5-9-20(16(15)2)25-14-21(24)23-22-13-17-10-11-18-7-3-4-8-19(18)12-17/h3-13H,14H2,1-2H3,(H,23,24)/b22-13-. The van der Waals surface area contributed by atoms with Crippen LogP contribution in [0.15, 0.2) is 65.8 Å². The number of nitrogens with zero attached hydrogens (tertiary/aromatic N) is 1. The Morgan fingerprint density at radius 2 is 1.84 bits per heavy atom. The first-order chi connectivity index (χ1) is 12.1. The molecule has 3 aromatic carbocycles. The predicted molar refractivity (Wildman–Crippen MR) is 101 cm³/mol. The van der Waals surface area contributed by atoms with Crippen molar-refractivity contribution >= 4 is 22.9 Å². The summed E-state index contributed by atoms with van der Waals surface area (Å²) in [4.78, 5) is 11.9. The largest absolute Gasteiger partial charge is 0.483 e. The van der Waals surface area contributed by atoms with E-state index in [1.807, 2.05) is 68.4 Å². The van der Waals surface area contributed by atoms with Gasteiger partial charge in [0, 0.05) is 0 Å². The van der Waals surface area contributed by atoms with Crippen LogP contribution in [0.25, 0.3) is 10.8 Å². The number of carbonyl (C=O) groups excluding carboxylic acids is 1. The van der Waals surface area contributed by atoms with Crippen LogP contribution in [-0.4, -0.2) is 18.7 Å². The second-order valence-corrected chi connectivity index (χ2v) is 5.89. The lowest BCUT2D eigenvalue weighted by Crippen LogP contribution is -2.24. The monoisotopic (exact) mass is 332 g/mol. The molecule has 0 aliphatic heterocycles. The Balaban J connectivity index is 1.56. The third kappa shape index (κ3) is 4.23. The lowest BCUT2D eigenvalue weighted by Gasteiger charge is -2.09. The average molecular weight is 332 g/mol.